The molecule has 1 aliphatic heterocycles. The third-order valence-electron chi connectivity index (χ3n) is 6.00. The molecule has 1 aromatic heterocycles. The van der Waals surface area contributed by atoms with Crippen LogP contribution in [0.15, 0.2) is 79.1 Å². The molecule has 0 radical (unpaired) electrons. The Balaban J connectivity index is 1.39. The van der Waals surface area contributed by atoms with Crippen LogP contribution in [-0.4, -0.2) is 54.4 Å². The van der Waals surface area contributed by atoms with Crippen LogP contribution in [0.25, 0.3) is 0 Å². The Hall–Kier alpha value is -3.71. The second-order valence-corrected chi connectivity index (χ2v) is 8.14. The summed E-state index contributed by atoms with van der Waals surface area (Å²) >= 11 is 0. The maximum atomic E-state index is 12.5. The molecule has 0 saturated carbocycles. The number of piperazine rings is 1. The van der Waals surface area contributed by atoms with Crippen LogP contribution in [0.2, 0.25) is 0 Å². The molecule has 0 spiro atoms. The minimum absolute atomic E-state index is 0.0631. The van der Waals surface area contributed by atoms with Crippen LogP contribution in [0.5, 0.6) is 0 Å². The number of carbonyl (C=O) groups excluding carboxylic acids is 2. The molecule has 2 heterocycles. The second kappa shape index (κ2) is 10.7. The molecule has 0 unspecified atom stereocenters. The van der Waals surface area contributed by atoms with Crippen LogP contribution in [0.1, 0.15) is 17.2 Å². The minimum atomic E-state index is -0.664. The number of carbonyl (C=O) groups is 2. The number of benzene rings is 2. The van der Waals surface area contributed by atoms with Crippen molar-refractivity contribution in [2.24, 2.45) is 0 Å². The summed E-state index contributed by atoms with van der Waals surface area (Å²) in [6.45, 7) is 5.70. The fraction of sp³-hybridized carbons (Fsp3) is 0.269. The lowest BCUT2D eigenvalue weighted by atomic mass is 10.1. The molecule has 3 aromatic rings. The highest BCUT2D eigenvalue weighted by Crippen LogP contribution is 2.23. The predicted octanol–water partition coefficient (Wildman–Crippen LogP) is 3.01. The van der Waals surface area contributed by atoms with Crippen LogP contribution in [0, 0.1) is 6.92 Å². The first kappa shape index (κ1) is 22.5. The lowest BCUT2D eigenvalue weighted by molar-refractivity contribution is -0.136. The van der Waals surface area contributed by atoms with E-state index in [0.717, 1.165) is 37.3 Å². The number of pyridine rings is 1. The van der Waals surface area contributed by atoms with Crippen molar-refractivity contribution in [3.8, 4) is 0 Å². The molecule has 2 amide bonds. The number of hydrogen-bond acceptors (Lipinski definition) is 5. The zero-order chi connectivity index (χ0) is 23.0. The van der Waals surface area contributed by atoms with E-state index in [4.69, 9.17) is 0 Å². The van der Waals surface area contributed by atoms with Gasteiger partial charge >= 0.3 is 11.8 Å². The smallest absolute Gasteiger partial charge is 0.313 e. The summed E-state index contributed by atoms with van der Waals surface area (Å²) in [5, 5.41) is 5.52. The standard InChI is InChI=1S/C26H29N5O2/c1-20-8-5-6-12-23(20)29-26(33)25(32)28-19-24(21-9-7-13-27-18-21)31-16-14-30(15-17-31)22-10-3-2-4-11-22/h2-13,18,24H,14-17,19H2,1H3,(H,28,32)(H,29,33)/t24-/m0/s1. The van der Waals surface area contributed by atoms with E-state index in [1.807, 2.05) is 49.5 Å². The zero-order valence-corrected chi connectivity index (χ0v) is 18.8. The summed E-state index contributed by atoms with van der Waals surface area (Å²) in [4.78, 5) is 34.0. The monoisotopic (exact) mass is 443 g/mol. The Morgan fingerprint density at radius 3 is 2.33 bits per heavy atom. The van der Waals surface area contributed by atoms with E-state index in [-0.39, 0.29) is 6.04 Å². The Bertz CT molecular complexity index is 1070. The van der Waals surface area contributed by atoms with Crippen molar-refractivity contribution in [2.75, 3.05) is 42.9 Å². The summed E-state index contributed by atoms with van der Waals surface area (Å²) in [6.07, 6.45) is 3.57. The number of nitrogens with zero attached hydrogens (tertiary/aromatic N) is 3. The summed E-state index contributed by atoms with van der Waals surface area (Å²) in [5.41, 5.74) is 3.78. The maximum Gasteiger partial charge on any atom is 0.313 e. The van der Waals surface area contributed by atoms with Crippen LogP contribution in [0.4, 0.5) is 11.4 Å². The van der Waals surface area contributed by atoms with Crippen molar-refractivity contribution < 1.29 is 9.59 Å². The molecule has 7 nitrogen and oxygen atoms in total. The van der Waals surface area contributed by atoms with E-state index in [1.165, 1.54) is 5.69 Å². The van der Waals surface area contributed by atoms with Crippen molar-refractivity contribution in [2.45, 2.75) is 13.0 Å². The number of hydrogen-bond donors (Lipinski definition) is 2. The topological polar surface area (TPSA) is 77.6 Å². The van der Waals surface area contributed by atoms with Gasteiger partial charge in [0.05, 0.1) is 6.04 Å². The number of para-hydroxylation sites is 2. The molecule has 170 valence electrons. The lowest BCUT2D eigenvalue weighted by Gasteiger charge is -2.40. The molecule has 1 atom stereocenters. The molecule has 4 rings (SSSR count). The number of amides is 2. The fourth-order valence-electron chi connectivity index (χ4n) is 4.12. The van der Waals surface area contributed by atoms with E-state index in [9.17, 15) is 9.59 Å². The van der Waals surface area contributed by atoms with E-state index >= 15 is 0 Å². The lowest BCUT2D eigenvalue weighted by Crippen LogP contribution is -2.50. The Labute approximate surface area is 194 Å². The number of nitrogens with one attached hydrogen (secondary N) is 2. The van der Waals surface area contributed by atoms with Gasteiger partial charge in [-0.1, -0.05) is 42.5 Å². The molecule has 2 N–H and O–H groups in total. The Morgan fingerprint density at radius 2 is 1.64 bits per heavy atom. The largest absolute Gasteiger partial charge is 0.369 e. The summed E-state index contributed by atoms with van der Waals surface area (Å²) in [7, 11) is 0. The molecule has 2 aromatic carbocycles. The molecule has 1 fully saturated rings. The van der Waals surface area contributed by atoms with Gasteiger partial charge in [0.2, 0.25) is 0 Å². The SMILES string of the molecule is Cc1ccccc1NC(=O)C(=O)NC[C@@H](c1cccnc1)N1CCN(c2ccccc2)CC1. The van der Waals surface area contributed by atoms with Crippen molar-refractivity contribution in [1.29, 1.82) is 0 Å². The van der Waals surface area contributed by atoms with Crippen molar-refractivity contribution in [3.63, 3.8) is 0 Å². The van der Waals surface area contributed by atoms with Gasteiger partial charge in [0.1, 0.15) is 0 Å². The first-order valence-electron chi connectivity index (χ1n) is 11.2. The fourth-order valence-corrected chi connectivity index (χ4v) is 4.12. The van der Waals surface area contributed by atoms with Gasteiger partial charge in [-0.3, -0.25) is 19.5 Å². The average Bonchev–Trinajstić information content (AvgIpc) is 2.87. The first-order chi connectivity index (χ1) is 16.1. The average molecular weight is 444 g/mol. The summed E-state index contributed by atoms with van der Waals surface area (Å²) < 4.78 is 0. The maximum absolute atomic E-state index is 12.5. The number of anilines is 2. The van der Waals surface area contributed by atoms with Gasteiger partial charge < -0.3 is 15.5 Å². The molecule has 7 heteroatoms. The Morgan fingerprint density at radius 1 is 0.909 bits per heavy atom. The van der Waals surface area contributed by atoms with Crippen molar-refractivity contribution in [1.82, 2.24) is 15.2 Å². The second-order valence-electron chi connectivity index (χ2n) is 8.14. The molecule has 0 aliphatic carbocycles. The van der Waals surface area contributed by atoms with Gasteiger partial charge in [-0.25, -0.2) is 0 Å². The van der Waals surface area contributed by atoms with Crippen molar-refractivity contribution >= 4 is 23.2 Å². The number of aromatic nitrogens is 1. The predicted molar refractivity (Wildman–Crippen MR) is 130 cm³/mol. The van der Waals surface area contributed by atoms with E-state index in [2.05, 4.69) is 49.7 Å². The molecule has 33 heavy (non-hydrogen) atoms. The molecular weight excluding hydrogens is 414 g/mol. The van der Waals surface area contributed by atoms with Crippen LogP contribution >= 0.6 is 0 Å². The number of aryl methyl sites for hydroxylation is 1. The third kappa shape index (κ3) is 5.75. The Kier molecular flexibility index (Phi) is 7.32. The van der Waals surface area contributed by atoms with Crippen molar-refractivity contribution in [3.05, 3.63) is 90.3 Å². The van der Waals surface area contributed by atoms with E-state index in [1.54, 1.807) is 12.3 Å². The van der Waals surface area contributed by atoms with Gasteiger partial charge in [-0.05, 0) is 42.3 Å². The molecule has 0 bridgehead atoms. The third-order valence-corrected chi connectivity index (χ3v) is 6.00. The highest BCUT2D eigenvalue weighted by atomic mass is 16.2. The van der Waals surface area contributed by atoms with Crippen LogP contribution < -0.4 is 15.5 Å². The van der Waals surface area contributed by atoms with Gasteiger partial charge in [0.15, 0.2) is 0 Å². The van der Waals surface area contributed by atoms with Crippen LogP contribution in [0.3, 0.4) is 0 Å². The molecule has 1 saturated heterocycles. The highest BCUT2D eigenvalue weighted by Gasteiger charge is 2.27. The van der Waals surface area contributed by atoms with E-state index in [0.29, 0.717) is 12.2 Å². The molecular formula is C26H29N5O2. The van der Waals surface area contributed by atoms with Crippen LogP contribution in [-0.2, 0) is 9.59 Å². The number of rotatable bonds is 6. The van der Waals surface area contributed by atoms with E-state index < -0.39 is 11.8 Å². The molecule has 1 aliphatic rings. The summed E-state index contributed by atoms with van der Waals surface area (Å²) in [6, 6.07) is 21.6. The normalized spacial score (nSPS) is 15.0. The minimum Gasteiger partial charge on any atom is -0.369 e. The zero-order valence-electron chi connectivity index (χ0n) is 18.8. The highest BCUT2D eigenvalue weighted by molar-refractivity contribution is 6.39. The van der Waals surface area contributed by atoms with Gasteiger partial charge in [-0.2, -0.15) is 0 Å². The van der Waals surface area contributed by atoms with Gasteiger partial charge in [-0.15, -0.1) is 0 Å². The quantitative estimate of drug-likeness (QED) is 0.573. The van der Waals surface area contributed by atoms with Gasteiger partial charge in [0.25, 0.3) is 0 Å². The van der Waals surface area contributed by atoms with Gasteiger partial charge in [0, 0.05) is 56.5 Å². The summed E-state index contributed by atoms with van der Waals surface area (Å²) in [5.74, 6) is -1.31. The first-order valence-corrected chi connectivity index (χ1v) is 11.2.